The summed E-state index contributed by atoms with van der Waals surface area (Å²) in [5, 5.41) is 33.2. The van der Waals surface area contributed by atoms with Crippen LogP contribution in [0.15, 0.2) is 4.99 Å². The third kappa shape index (κ3) is 3.21. The van der Waals surface area contributed by atoms with Crippen molar-refractivity contribution in [3.05, 3.63) is 0 Å². The molecule has 2 rings (SSSR count). The van der Waals surface area contributed by atoms with Crippen molar-refractivity contribution in [2.75, 3.05) is 20.3 Å². The van der Waals surface area contributed by atoms with E-state index < -0.39 is 30.5 Å². The smallest absolute Gasteiger partial charge is 0.159 e. The van der Waals surface area contributed by atoms with Gasteiger partial charge in [0, 0.05) is 7.11 Å². The molecule has 2 fully saturated rings. The van der Waals surface area contributed by atoms with Gasteiger partial charge in [0.15, 0.2) is 5.17 Å². The van der Waals surface area contributed by atoms with E-state index in [-0.39, 0.29) is 5.44 Å². The molecule has 0 radical (unpaired) electrons. The maximum atomic E-state index is 10.1. The van der Waals surface area contributed by atoms with E-state index in [0.717, 1.165) is 0 Å². The van der Waals surface area contributed by atoms with Crippen LogP contribution in [-0.2, 0) is 9.47 Å². The van der Waals surface area contributed by atoms with Gasteiger partial charge in [0.1, 0.15) is 23.7 Å². The normalized spacial score (nSPS) is 41.9. The molecule has 8 heteroatoms. The summed E-state index contributed by atoms with van der Waals surface area (Å²) >= 11 is 1.35. The van der Waals surface area contributed by atoms with Crippen LogP contribution in [0.2, 0.25) is 0 Å². The van der Waals surface area contributed by atoms with Crippen LogP contribution in [0.5, 0.6) is 0 Å². The molecule has 2 aliphatic rings. The molecule has 0 aromatic carbocycles. The molecule has 0 saturated carbocycles. The number of rotatable bonds is 4. The van der Waals surface area contributed by atoms with Crippen LogP contribution in [0.1, 0.15) is 6.92 Å². The van der Waals surface area contributed by atoms with Gasteiger partial charge in [0.25, 0.3) is 0 Å². The fourth-order valence-electron chi connectivity index (χ4n) is 2.15. The van der Waals surface area contributed by atoms with Gasteiger partial charge < -0.3 is 30.1 Å². The topological polar surface area (TPSA) is 104 Å². The van der Waals surface area contributed by atoms with E-state index in [4.69, 9.17) is 9.47 Å². The number of nitrogens with zero attached hydrogens (tertiary/aromatic N) is 1. The molecule has 0 amide bonds. The Morgan fingerprint density at radius 2 is 2.21 bits per heavy atom. The quantitative estimate of drug-likeness (QED) is 0.469. The lowest BCUT2D eigenvalue weighted by atomic mass is 9.95. The highest BCUT2D eigenvalue weighted by Crippen LogP contribution is 2.34. The van der Waals surface area contributed by atoms with Gasteiger partial charge in [-0.25, -0.2) is 0 Å². The third-order valence-corrected chi connectivity index (χ3v) is 4.29. The van der Waals surface area contributed by atoms with Gasteiger partial charge in [-0.3, -0.25) is 4.99 Å². The summed E-state index contributed by atoms with van der Waals surface area (Å²) in [4.78, 5) is 4.27. The third-order valence-electron chi connectivity index (χ3n) is 3.18. The summed E-state index contributed by atoms with van der Waals surface area (Å²) in [5.74, 6) is 0. The molecular formula is C11H20N2O5S. The second-order valence-corrected chi connectivity index (χ2v) is 5.75. The summed E-state index contributed by atoms with van der Waals surface area (Å²) in [5.41, 5.74) is -0.362. The van der Waals surface area contributed by atoms with Crippen molar-refractivity contribution in [2.24, 2.45) is 4.99 Å². The number of fused-ring (bicyclic) bond motifs is 1. The molecule has 0 aromatic heterocycles. The first kappa shape index (κ1) is 15.0. The van der Waals surface area contributed by atoms with Crippen molar-refractivity contribution >= 4 is 16.9 Å². The molecule has 0 bridgehead atoms. The number of aliphatic hydroxyl groups excluding tert-OH is 3. The van der Waals surface area contributed by atoms with Gasteiger partial charge in [-0.1, -0.05) is 11.8 Å². The molecule has 2 heterocycles. The van der Waals surface area contributed by atoms with E-state index in [1.54, 1.807) is 7.11 Å². The predicted octanol–water partition coefficient (Wildman–Crippen LogP) is -1.48. The molecule has 110 valence electrons. The molecule has 7 nitrogen and oxygen atoms in total. The number of thioether (sulfide) groups is 1. The Balaban J connectivity index is 2.01. The minimum atomic E-state index is -1.12. The average molecular weight is 292 g/mol. The largest absolute Gasteiger partial charge is 0.391 e. The second-order valence-electron chi connectivity index (χ2n) is 4.66. The summed E-state index contributed by atoms with van der Waals surface area (Å²) in [6.45, 7) is 2.56. The van der Waals surface area contributed by atoms with Crippen LogP contribution in [0.25, 0.3) is 0 Å². The number of ether oxygens (including phenoxy) is 2. The standard InChI is InChI=1S/C11H20N2O5S/c1-5(14)9-8(16)7(15)6-10(18-9)19-11(13-6)12-3-4-17-2/h5-10,14-16H,3-4H2,1-2H3,(H,12,13)/t5-,6-,7-,8+,9-,10-/m1/s1. The number of nitrogens with one attached hydrogen (secondary N) is 1. The summed E-state index contributed by atoms with van der Waals surface area (Å²) < 4.78 is 10.5. The first-order valence-electron chi connectivity index (χ1n) is 6.21. The van der Waals surface area contributed by atoms with Crippen molar-refractivity contribution in [1.29, 1.82) is 0 Å². The highest BCUT2D eigenvalue weighted by Gasteiger charge is 2.50. The van der Waals surface area contributed by atoms with Gasteiger partial charge in [-0.2, -0.15) is 0 Å². The number of hydrogen-bond acceptors (Lipinski definition) is 7. The molecular weight excluding hydrogens is 272 g/mol. The maximum absolute atomic E-state index is 10.1. The lowest BCUT2D eigenvalue weighted by molar-refractivity contribution is -0.184. The Kier molecular flexibility index (Phi) is 5.04. The Morgan fingerprint density at radius 3 is 2.84 bits per heavy atom. The van der Waals surface area contributed by atoms with E-state index in [9.17, 15) is 15.3 Å². The zero-order valence-corrected chi connectivity index (χ0v) is 11.7. The molecule has 6 atom stereocenters. The number of aliphatic hydroxyl groups is 3. The highest BCUT2D eigenvalue weighted by molar-refractivity contribution is 8.14. The van der Waals surface area contributed by atoms with E-state index in [1.807, 2.05) is 0 Å². The minimum absolute atomic E-state index is 0.362. The molecule has 4 N–H and O–H groups in total. The van der Waals surface area contributed by atoms with Crippen molar-refractivity contribution < 1.29 is 24.8 Å². The molecule has 0 unspecified atom stereocenters. The lowest BCUT2D eigenvalue weighted by Crippen LogP contribution is -2.61. The van der Waals surface area contributed by atoms with Crippen LogP contribution in [0, 0.1) is 0 Å². The van der Waals surface area contributed by atoms with Gasteiger partial charge >= 0.3 is 0 Å². The van der Waals surface area contributed by atoms with Crippen LogP contribution >= 0.6 is 11.8 Å². The van der Waals surface area contributed by atoms with Gasteiger partial charge in [-0.05, 0) is 6.92 Å². The number of aliphatic imine (C=N–C) groups is 1. The summed E-state index contributed by atoms with van der Waals surface area (Å²) in [6.07, 6.45) is -3.75. The fourth-order valence-corrected chi connectivity index (χ4v) is 3.30. The molecule has 19 heavy (non-hydrogen) atoms. The van der Waals surface area contributed by atoms with Gasteiger partial charge in [0.2, 0.25) is 0 Å². The monoisotopic (exact) mass is 292 g/mol. The maximum Gasteiger partial charge on any atom is 0.159 e. The first-order chi connectivity index (χ1) is 9.04. The van der Waals surface area contributed by atoms with Gasteiger partial charge in [0.05, 0.1) is 25.3 Å². The van der Waals surface area contributed by atoms with Crippen molar-refractivity contribution in [3.63, 3.8) is 0 Å². The summed E-state index contributed by atoms with van der Waals surface area (Å²) in [6, 6.07) is -0.420. The minimum Gasteiger partial charge on any atom is -0.391 e. The SMILES string of the molecule is COCCN=C1N[C@@H]2[C@@H](O)[C@H](O)[C@@H]([C@@H](C)O)O[C@@H]2S1. The Bertz CT molecular complexity index is 341. The van der Waals surface area contributed by atoms with Crippen molar-refractivity contribution in [1.82, 2.24) is 5.32 Å². The van der Waals surface area contributed by atoms with E-state index >= 15 is 0 Å². The Labute approximate surface area is 116 Å². The fraction of sp³-hybridized carbons (Fsp3) is 0.909. The number of amidine groups is 1. The number of methoxy groups -OCH3 is 1. The molecule has 2 aliphatic heterocycles. The molecule has 0 aliphatic carbocycles. The lowest BCUT2D eigenvalue weighted by Gasteiger charge is -2.40. The van der Waals surface area contributed by atoms with Crippen molar-refractivity contribution in [2.45, 2.75) is 42.8 Å². The van der Waals surface area contributed by atoms with E-state index in [1.165, 1.54) is 18.7 Å². The zero-order valence-electron chi connectivity index (χ0n) is 10.9. The molecule has 2 saturated heterocycles. The highest BCUT2D eigenvalue weighted by atomic mass is 32.2. The Hall–Kier alpha value is -0.380. The van der Waals surface area contributed by atoms with Crippen LogP contribution in [0.4, 0.5) is 0 Å². The van der Waals surface area contributed by atoms with E-state index in [0.29, 0.717) is 18.3 Å². The second kappa shape index (κ2) is 6.38. The van der Waals surface area contributed by atoms with Crippen molar-refractivity contribution in [3.8, 4) is 0 Å². The predicted molar refractivity (Wildman–Crippen MR) is 71.0 cm³/mol. The summed E-state index contributed by atoms with van der Waals surface area (Å²) in [7, 11) is 1.60. The van der Waals surface area contributed by atoms with Gasteiger partial charge in [-0.15, -0.1) is 0 Å². The Morgan fingerprint density at radius 1 is 1.47 bits per heavy atom. The average Bonchev–Trinajstić information content (AvgIpc) is 2.77. The molecule has 0 aromatic rings. The first-order valence-corrected chi connectivity index (χ1v) is 7.08. The molecule has 0 spiro atoms. The van der Waals surface area contributed by atoms with Crippen LogP contribution in [-0.4, -0.2) is 76.6 Å². The van der Waals surface area contributed by atoms with Crippen LogP contribution in [0.3, 0.4) is 0 Å². The van der Waals surface area contributed by atoms with Crippen LogP contribution < -0.4 is 5.32 Å². The van der Waals surface area contributed by atoms with E-state index in [2.05, 4.69) is 10.3 Å². The number of hydrogen-bond donors (Lipinski definition) is 4. The zero-order chi connectivity index (χ0) is 14.0.